The smallest absolute Gasteiger partial charge is 0.227 e. The zero-order valence-corrected chi connectivity index (χ0v) is 11.0. The van der Waals surface area contributed by atoms with Crippen molar-refractivity contribution in [3.05, 3.63) is 59.4 Å². The van der Waals surface area contributed by atoms with Gasteiger partial charge in [-0.3, -0.25) is 4.79 Å². The summed E-state index contributed by atoms with van der Waals surface area (Å²) in [6.45, 7) is 0.421. The Hall–Kier alpha value is -2.36. The van der Waals surface area contributed by atoms with Crippen molar-refractivity contribution < 1.29 is 9.18 Å². The first kappa shape index (κ1) is 12.7. The van der Waals surface area contributed by atoms with E-state index in [9.17, 15) is 9.18 Å². The second-order valence-electron chi connectivity index (χ2n) is 4.95. The van der Waals surface area contributed by atoms with Crippen molar-refractivity contribution in [2.24, 2.45) is 0 Å². The number of benzene rings is 2. The van der Waals surface area contributed by atoms with Crippen molar-refractivity contribution in [1.82, 2.24) is 0 Å². The van der Waals surface area contributed by atoms with Crippen LogP contribution in [0.3, 0.4) is 0 Å². The minimum atomic E-state index is -0.266. The Labute approximate surface area is 116 Å². The predicted octanol–water partition coefficient (Wildman–Crippen LogP) is 2.89. The molecule has 1 aliphatic rings. The molecule has 0 aliphatic carbocycles. The molecule has 0 spiro atoms. The molecule has 20 heavy (non-hydrogen) atoms. The summed E-state index contributed by atoms with van der Waals surface area (Å²) in [5, 5.41) is 0. The van der Waals surface area contributed by atoms with Crippen LogP contribution in [0.4, 0.5) is 15.8 Å². The maximum Gasteiger partial charge on any atom is 0.227 e. The minimum Gasteiger partial charge on any atom is -0.398 e. The van der Waals surface area contributed by atoms with Gasteiger partial charge in [0.15, 0.2) is 0 Å². The van der Waals surface area contributed by atoms with Crippen molar-refractivity contribution in [3.8, 4) is 0 Å². The Morgan fingerprint density at radius 3 is 2.75 bits per heavy atom. The van der Waals surface area contributed by atoms with Crippen LogP contribution >= 0.6 is 0 Å². The van der Waals surface area contributed by atoms with Crippen LogP contribution in [-0.4, -0.2) is 5.91 Å². The number of fused-ring (bicyclic) bond motifs is 1. The number of carbonyl (C=O) groups excluding carboxylic acids is 1. The molecule has 0 unspecified atom stereocenters. The molecular formula is C16H15FN2O. The summed E-state index contributed by atoms with van der Waals surface area (Å²) in [6.07, 6.45) is 0.996. The number of amides is 1. The molecule has 2 aromatic rings. The SMILES string of the molecule is Nc1ccccc1CN1C(=O)CCc2cc(F)ccc21. The first-order valence-electron chi connectivity index (χ1n) is 6.57. The number of nitrogen functional groups attached to an aromatic ring is 1. The van der Waals surface area contributed by atoms with Crippen molar-refractivity contribution in [2.75, 3.05) is 10.6 Å². The van der Waals surface area contributed by atoms with Gasteiger partial charge < -0.3 is 10.6 Å². The zero-order valence-electron chi connectivity index (χ0n) is 11.0. The van der Waals surface area contributed by atoms with Crippen molar-refractivity contribution in [2.45, 2.75) is 19.4 Å². The number of rotatable bonds is 2. The number of anilines is 2. The second-order valence-corrected chi connectivity index (χ2v) is 4.95. The molecule has 3 nitrogen and oxygen atoms in total. The van der Waals surface area contributed by atoms with E-state index in [1.54, 1.807) is 11.0 Å². The Bertz CT molecular complexity index is 669. The second kappa shape index (κ2) is 4.96. The highest BCUT2D eigenvalue weighted by Gasteiger charge is 2.24. The van der Waals surface area contributed by atoms with Gasteiger partial charge in [0.05, 0.1) is 6.54 Å². The molecule has 0 saturated carbocycles. The van der Waals surface area contributed by atoms with Crippen molar-refractivity contribution in [3.63, 3.8) is 0 Å². The van der Waals surface area contributed by atoms with Gasteiger partial charge in [-0.1, -0.05) is 18.2 Å². The summed E-state index contributed by atoms with van der Waals surface area (Å²) in [6, 6.07) is 12.0. The third kappa shape index (κ3) is 2.25. The number of carbonyl (C=O) groups is 1. The van der Waals surface area contributed by atoms with Gasteiger partial charge in [-0.2, -0.15) is 0 Å². The molecule has 2 aromatic carbocycles. The number of para-hydroxylation sites is 1. The minimum absolute atomic E-state index is 0.0485. The maximum atomic E-state index is 13.3. The summed E-state index contributed by atoms with van der Waals surface area (Å²) >= 11 is 0. The molecule has 3 rings (SSSR count). The van der Waals surface area contributed by atoms with Crippen molar-refractivity contribution >= 4 is 17.3 Å². The maximum absolute atomic E-state index is 13.3. The van der Waals surface area contributed by atoms with Gasteiger partial charge in [0, 0.05) is 17.8 Å². The largest absolute Gasteiger partial charge is 0.398 e. The van der Waals surface area contributed by atoms with E-state index in [1.807, 2.05) is 24.3 Å². The van der Waals surface area contributed by atoms with Crippen LogP contribution in [0, 0.1) is 5.82 Å². The first-order chi connectivity index (χ1) is 9.65. The topological polar surface area (TPSA) is 46.3 Å². The van der Waals surface area contributed by atoms with Gasteiger partial charge in [0.2, 0.25) is 5.91 Å². The highest BCUT2D eigenvalue weighted by molar-refractivity contribution is 5.96. The highest BCUT2D eigenvalue weighted by Crippen LogP contribution is 2.30. The van der Waals surface area contributed by atoms with E-state index in [4.69, 9.17) is 5.73 Å². The van der Waals surface area contributed by atoms with Crippen LogP contribution in [0.2, 0.25) is 0 Å². The lowest BCUT2D eigenvalue weighted by molar-refractivity contribution is -0.119. The third-order valence-corrected chi connectivity index (χ3v) is 3.63. The highest BCUT2D eigenvalue weighted by atomic mass is 19.1. The van der Waals surface area contributed by atoms with Crippen LogP contribution in [0.15, 0.2) is 42.5 Å². The van der Waals surface area contributed by atoms with Gasteiger partial charge in [0.25, 0.3) is 0 Å². The molecule has 2 N–H and O–H groups in total. The average molecular weight is 270 g/mol. The van der Waals surface area contributed by atoms with E-state index in [0.717, 1.165) is 16.8 Å². The van der Waals surface area contributed by atoms with Crippen LogP contribution < -0.4 is 10.6 Å². The fourth-order valence-corrected chi connectivity index (χ4v) is 2.55. The van der Waals surface area contributed by atoms with E-state index in [1.165, 1.54) is 12.1 Å². The fourth-order valence-electron chi connectivity index (χ4n) is 2.55. The van der Waals surface area contributed by atoms with Crippen LogP contribution in [0.25, 0.3) is 0 Å². The molecule has 102 valence electrons. The van der Waals surface area contributed by atoms with Crippen LogP contribution in [0.5, 0.6) is 0 Å². The van der Waals surface area contributed by atoms with E-state index in [0.29, 0.717) is 25.1 Å². The number of hydrogen-bond acceptors (Lipinski definition) is 2. The molecule has 1 heterocycles. The number of nitrogens with zero attached hydrogens (tertiary/aromatic N) is 1. The summed E-state index contributed by atoms with van der Waals surface area (Å²) < 4.78 is 13.3. The van der Waals surface area contributed by atoms with E-state index in [2.05, 4.69) is 0 Å². The molecule has 1 aliphatic heterocycles. The predicted molar refractivity (Wildman–Crippen MR) is 76.8 cm³/mol. The molecule has 0 aromatic heterocycles. The average Bonchev–Trinajstić information content (AvgIpc) is 2.44. The van der Waals surface area contributed by atoms with E-state index in [-0.39, 0.29) is 11.7 Å². The summed E-state index contributed by atoms with van der Waals surface area (Å²) in [4.78, 5) is 13.8. The standard InChI is InChI=1S/C16H15FN2O/c17-13-6-7-15-11(9-13)5-8-16(20)19(15)10-12-3-1-2-4-14(12)18/h1-4,6-7,9H,5,8,10,18H2. The Morgan fingerprint density at radius 2 is 1.95 bits per heavy atom. The third-order valence-electron chi connectivity index (χ3n) is 3.63. The lowest BCUT2D eigenvalue weighted by Crippen LogP contribution is -2.34. The lowest BCUT2D eigenvalue weighted by Gasteiger charge is -2.30. The van der Waals surface area contributed by atoms with Crippen molar-refractivity contribution in [1.29, 1.82) is 0 Å². The van der Waals surface area contributed by atoms with E-state index < -0.39 is 0 Å². The number of hydrogen-bond donors (Lipinski definition) is 1. The summed E-state index contributed by atoms with van der Waals surface area (Å²) in [5.74, 6) is -0.218. The molecule has 0 atom stereocenters. The van der Waals surface area contributed by atoms with Crippen LogP contribution in [0.1, 0.15) is 17.5 Å². The fraction of sp³-hybridized carbons (Fsp3) is 0.188. The first-order valence-corrected chi connectivity index (χ1v) is 6.57. The molecule has 0 saturated heterocycles. The number of nitrogens with two attached hydrogens (primary N) is 1. The lowest BCUT2D eigenvalue weighted by atomic mass is 10.00. The Morgan fingerprint density at radius 1 is 1.15 bits per heavy atom. The monoisotopic (exact) mass is 270 g/mol. The van der Waals surface area contributed by atoms with Gasteiger partial charge in [0.1, 0.15) is 5.82 Å². The number of aryl methyl sites for hydroxylation is 1. The molecule has 1 amide bonds. The van der Waals surface area contributed by atoms with Gasteiger partial charge in [-0.05, 0) is 41.8 Å². The molecule has 0 bridgehead atoms. The van der Waals surface area contributed by atoms with Gasteiger partial charge in [-0.25, -0.2) is 4.39 Å². The van der Waals surface area contributed by atoms with E-state index >= 15 is 0 Å². The molecule has 4 heteroatoms. The Balaban J connectivity index is 1.97. The van der Waals surface area contributed by atoms with Gasteiger partial charge >= 0.3 is 0 Å². The zero-order chi connectivity index (χ0) is 14.1. The molecule has 0 fully saturated rings. The number of halogens is 1. The van der Waals surface area contributed by atoms with Crippen LogP contribution in [-0.2, 0) is 17.8 Å². The molecule has 0 radical (unpaired) electrons. The Kier molecular flexibility index (Phi) is 3.14. The quantitative estimate of drug-likeness (QED) is 0.853. The summed E-state index contributed by atoms with van der Waals surface area (Å²) in [5.41, 5.74) is 9.15. The normalized spacial score (nSPS) is 14.2. The summed E-state index contributed by atoms with van der Waals surface area (Å²) in [7, 11) is 0. The molecular weight excluding hydrogens is 255 g/mol. The van der Waals surface area contributed by atoms with Gasteiger partial charge in [-0.15, -0.1) is 0 Å².